The highest BCUT2D eigenvalue weighted by Crippen LogP contribution is 2.31. The zero-order valence-electron chi connectivity index (χ0n) is 15.0. The molecule has 0 unspecified atom stereocenters. The maximum Gasteiger partial charge on any atom is 0.228 e. The van der Waals surface area contributed by atoms with Gasteiger partial charge in [-0.15, -0.1) is 0 Å². The van der Waals surface area contributed by atoms with Crippen molar-refractivity contribution in [2.45, 2.75) is 38.7 Å². The molecular formula is C21H24N2O3. The third kappa shape index (κ3) is 4.05. The summed E-state index contributed by atoms with van der Waals surface area (Å²) in [5, 5.41) is 2.91. The lowest BCUT2D eigenvalue weighted by molar-refractivity contribution is -0.117. The van der Waals surface area contributed by atoms with Gasteiger partial charge in [-0.05, 0) is 60.7 Å². The molecule has 1 aliphatic heterocycles. The van der Waals surface area contributed by atoms with Gasteiger partial charge >= 0.3 is 0 Å². The van der Waals surface area contributed by atoms with E-state index in [1.54, 1.807) is 6.20 Å². The average molecular weight is 352 g/mol. The fourth-order valence-corrected chi connectivity index (χ4v) is 3.19. The average Bonchev–Trinajstić information content (AvgIpc) is 3.50. The van der Waals surface area contributed by atoms with Crippen molar-refractivity contribution >= 4 is 11.7 Å². The van der Waals surface area contributed by atoms with Gasteiger partial charge in [0.25, 0.3) is 0 Å². The minimum atomic E-state index is 0.0750. The molecule has 4 rings (SSSR count). The summed E-state index contributed by atoms with van der Waals surface area (Å²) in [6, 6.07) is 10.1. The van der Waals surface area contributed by atoms with Gasteiger partial charge < -0.3 is 14.8 Å². The van der Waals surface area contributed by atoms with E-state index in [0.717, 1.165) is 61.3 Å². The molecule has 0 spiro atoms. The van der Waals surface area contributed by atoms with E-state index in [-0.39, 0.29) is 17.9 Å². The van der Waals surface area contributed by atoms with E-state index >= 15 is 0 Å². The van der Waals surface area contributed by atoms with E-state index in [4.69, 9.17) is 9.47 Å². The summed E-state index contributed by atoms with van der Waals surface area (Å²) in [4.78, 5) is 16.2. The van der Waals surface area contributed by atoms with Crippen LogP contribution in [0.1, 0.15) is 31.2 Å². The summed E-state index contributed by atoms with van der Waals surface area (Å²) < 4.78 is 11.5. The topological polar surface area (TPSA) is 60.5 Å². The van der Waals surface area contributed by atoms with Crippen LogP contribution >= 0.6 is 0 Å². The van der Waals surface area contributed by atoms with Crippen LogP contribution < -0.4 is 10.1 Å². The molecule has 1 N–H and O–H groups in total. The number of ether oxygens (including phenoxy) is 2. The molecule has 136 valence electrons. The van der Waals surface area contributed by atoms with Crippen molar-refractivity contribution < 1.29 is 14.3 Å². The zero-order chi connectivity index (χ0) is 17.9. The van der Waals surface area contributed by atoms with Crippen LogP contribution in [-0.4, -0.2) is 30.2 Å². The predicted octanol–water partition coefficient (Wildman–Crippen LogP) is 3.96. The summed E-state index contributed by atoms with van der Waals surface area (Å²) in [6.07, 6.45) is 5.82. The summed E-state index contributed by atoms with van der Waals surface area (Å²) in [7, 11) is 0. The number of rotatable bonds is 5. The van der Waals surface area contributed by atoms with Crippen LogP contribution in [0.15, 0.2) is 36.5 Å². The molecule has 1 saturated heterocycles. The first kappa shape index (κ1) is 17.0. The highest BCUT2D eigenvalue weighted by Gasteiger charge is 2.29. The summed E-state index contributed by atoms with van der Waals surface area (Å²) in [5.74, 6) is 1.78. The van der Waals surface area contributed by atoms with Crippen molar-refractivity contribution in [3.8, 4) is 16.9 Å². The molecule has 0 bridgehead atoms. The first-order valence-electron chi connectivity index (χ1n) is 9.31. The van der Waals surface area contributed by atoms with Gasteiger partial charge in [-0.3, -0.25) is 4.79 Å². The van der Waals surface area contributed by atoms with Gasteiger partial charge in [0, 0.05) is 25.0 Å². The molecule has 2 aliphatic rings. The number of benzene rings is 1. The van der Waals surface area contributed by atoms with Crippen molar-refractivity contribution in [3.63, 3.8) is 0 Å². The highest BCUT2D eigenvalue weighted by molar-refractivity contribution is 5.93. The highest BCUT2D eigenvalue weighted by atomic mass is 16.5. The smallest absolute Gasteiger partial charge is 0.228 e. The Hall–Kier alpha value is -2.40. The van der Waals surface area contributed by atoms with Gasteiger partial charge in [0.05, 0.1) is 13.2 Å². The Balaban J connectivity index is 1.48. The molecule has 1 aromatic carbocycles. The third-order valence-corrected chi connectivity index (χ3v) is 4.93. The van der Waals surface area contributed by atoms with E-state index in [2.05, 4.69) is 29.4 Å². The molecule has 2 aromatic rings. The molecule has 2 heterocycles. The van der Waals surface area contributed by atoms with Crippen LogP contribution in [0.4, 0.5) is 5.82 Å². The fraction of sp³-hybridized carbons (Fsp3) is 0.429. The summed E-state index contributed by atoms with van der Waals surface area (Å²) in [5.41, 5.74) is 3.23. The van der Waals surface area contributed by atoms with Crippen LogP contribution in [0.25, 0.3) is 11.1 Å². The molecule has 5 nitrogen and oxygen atoms in total. The second kappa shape index (κ2) is 7.46. The number of carbonyl (C=O) groups excluding carboxylic acids is 1. The number of amides is 1. The number of pyridine rings is 1. The standard InChI is InChI=1S/C21H24N2O3/c1-14-12-16(4-5-19(14)26-18-7-10-25-11-8-18)17-6-9-22-20(13-17)23-21(24)15-2-3-15/h4-6,9,12-13,15,18H,2-3,7-8,10-11H2,1H3,(H,22,23,24). The maximum atomic E-state index is 11.9. The molecule has 1 saturated carbocycles. The zero-order valence-corrected chi connectivity index (χ0v) is 15.0. The van der Waals surface area contributed by atoms with Gasteiger partial charge in [0.2, 0.25) is 5.91 Å². The lowest BCUT2D eigenvalue weighted by atomic mass is 10.0. The molecule has 2 fully saturated rings. The van der Waals surface area contributed by atoms with Crippen molar-refractivity contribution in [3.05, 3.63) is 42.1 Å². The molecule has 26 heavy (non-hydrogen) atoms. The Labute approximate surface area is 153 Å². The SMILES string of the molecule is Cc1cc(-c2ccnc(NC(=O)C3CC3)c2)ccc1OC1CCOCC1. The Morgan fingerprint density at radius 2 is 1.88 bits per heavy atom. The second-order valence-electron chi connectivity index (χ2n) is 7.10. The van der Waals surface area contributed by atoms with Crippen molar-refractivity contribution in [2.75, 3.05) is 18.5 Å². The molecule has 1 amide bonds. The largest absolute Gasteiger partial charge is 0.490 e. The minimum Gasteiger partial charge on any atom is -0.490 e. The summed E-state index contributed by atoms with van der Waals surface area (Å²) in [6.45, 7) is 3.61. The van der Waals surface area contributed by atoms with Gasteiger partial charge in [0.1, 0.15) is 17.7 Å². The number of aryl methyl sites for hydroxylation is 1. The van der Waals surface area contributed by atoms with Gasteiger partial charge in [-0.25, -0.2) is 4.98 Å². The number of nitrogens with zero attached hydrogens (tertiary/aromatic N) is 1. The minimum absolute atomic E-state index is 0.0750. The number of carbonyl (C=O) groups is 1. The second-order valence-corrected chi connectivity index (χ2v) is 7.10. The van der Waals surface area contributed by atoms with Crippen molar-refractivity contribution in [1.82, 2.24) is 4.98 Å². The summed E-state index contributed by atoms with van der Waals surface area (Å²) >= 11 is 0. The lowest BCUT2D eigenvalue weighted by Crippen LogP contribution is -2.26. The first-order valence-corrected chi connectivity index (χ1v) is 9.31. The molecule has 0 atom stereocenters. The first-order chi connectivity index (χ1) is 12.7. The van der Waals surface area contributed by atoms with Crippen LogP contribution in [0.2, 0.25) is 0 Å². The monoisotopic (exact) mass is 352 g/mol. The van der Waals surface area contributed by atoms with E-state index < -0.39 is 0 Å². The maximum absolute atomic E-state index is 11.9. The van der Waals surface area contributed by atoms with E-state index in [0.29, 0.717) is 5.82 Å². The number of hydrogen-bond acceptors (Lipinski definition) is 4. The van der Waals surface area contributed by atoms with E-state index in [1.165, 1.54) is 0 Å². The van der Waals surface area contributed by atoms with Crippen LogP contribution in [0.5, 0.6) is 5.75 Å². The van der Waals surface area contributed by atoms with Gasteiger partial charge in [-0.2, -0.15) is 0 Å². The number of nitrogens with one attached hydrogen (secondary N) is 1. The van der Waals surface area contributed by atoms with Crippen molar-refractivity contribution in [2.24, 2.45) is 5.92 Å². The van der Waals surface area contributed by atoms with Crippen LogP contribution in [-0.2, 0) is 9.53 Å². The Morgan fingerprint density at radius 3 is 2.62 bits per heavy atom. The molecule has 1 aromatic heterocycles. The predicted molar refractivity (Wildman–Crippen MR) is 100 cm³/mol. The number of aromatic nitrogens is 1. The molecular weight excluding hydrogens is 328 g/mol. The fourth-order valence-electron chi connectivity index (χ4n) is 3.19. The Morgan fingerprint density at radius 1 is 1.12 bits per heavy atom. The lowest BCUT2D eigenvalue weighted by Gasteiger charge is -2.24. The normalized spacial score (nSPS) is 17.7. The molecule has 5 heteroatoms. The van der Waals surface area contributed by atoms with Crippen LogP contribution in [0, 0.1) is 12.8 Å². The van der Waals surface area contributed by atoms with Crippen molar-refractivity contribution in [1.29, 1.82) is 0 Å². The molecule has 1 aliphatic carbocycles. The quantitative estimate of drug-likeness (QED) is 0.885. The van der Waals surface area contributed by atoms with E-state index in [1.807, 2.05) is 18.2 Å². The van der Waals surface area contributed by atoms with Crippen LogP contribution in [0.3, 0.4) is 0 Å². The van der Waals surface area contributed by atoms with Gasteiger partial charge in [-0.1, -0.05) is 6.07 Å². The Bertz CT molecular complexity index is 796. The Kier molecular flexibility index (Phi) is 4.89. The van der Waals surface area contributed by atoms with E-state index in [9.17, 15) is 4.79 Å². The van der Waals surface area contributed by atoms with Gasteiger partial charge in [0.15, 0.2) is 0 Å². The number of anilines is 1. The third-order valence-electron chi connectivity index (χ3n) is 4.93. The molecule has 0 radical (unpaired) electrons. The number of hydrogen-bond donors (Lipinski definition) is 1.